The van der Waals surface area contributed by atoms with Crippen molar-refractivity contribution in [3.63, 3.8) is 0 Å². The molecule has 0 bridgehead atoms. The summed E-state index contributed by atoms with van der Waals surface area (Å²) in [7, 11) is 0. The van der Waals surface area contributed by atoms with Gasteiger partial charge in [-0.15, -0.1) is 0 Å². The molecule has 0 aliphatic carbocycles. The fraction of sp³-hybridized carbons (Fsp3) is 0. The van der Waals surface area contributed by atoms with Crippen LogP contribution in [0.15, 0.2) is 211 Å². The second-order valence-corrected chi connectivity index (χ2v) is 16.7. The average molecular weight is 815 g/mol. The van der Waals surface area contributed by atoms with Gasteiger partial charge in [0.1, 0.15) is 11.2 Å². The van der Waals surface area contributed by atoms with Gasteiger partial charge in [-0.05, 0) is 84.9 Å². The van der Waals surface area contributed by atoms with Crippen molar-refractivity contribution in [1.82, 2.24) is 19.5 Å². The number of rotatable bonds is 4. The van der Waals surface area contributed by atoms with E-state index in [2.05, 4.69) is 211 Å². The number of benzene rings is 11. The highest BCUT2D eigenvalue weighted by Gasteiger charge is 2.24. The Balaban J connectivity index is 1.14. The predicted molar refractivity (Wildman–Crippen MR) is 265 cm³/mol. The van der Waals surface area contributed by atoms with Crippen LogP contribution in [0.4, 0.5) is 0 Å². The molecule has 14 aromatic rings. The molecule has 0 N–H and O–H groups in total. The van der Waals surface area contributed by atoms with Crippen LogP contribution in [-0.2, 0) is 0 Å². The highest BCUT2D eigenvalue weighted by molar-refractivity contribution is 6.24. The molecule has 0 aliphatic rings. The van der Waals surface area contributed by atoms with E-state index in [1.165, 1.54) is 32.3 Å². The molecule has 11 aromatic carbocycles. The van der Waals surface area contributed by atoms with Crippen LogP contribution in [0.1, 0.15) is 0 Å². The largest absolute Gasteiger partial charge is 0.455 e. The first-order chi connectivity index (χ1) is 31.7. The third-order valence-corrected chi connectivity index (χ3v) is 13.2. The molecule has 3 heterocycles. The quantitative estimate of drug-likeness (QED) is 0.178. The normalized spacial score (nSPS) is 12.1. The fourth-order valence-corrected chi connectivity index (χ4v) is 10.2. The molecular weight excluding hydrogens is 781 g/mol. The van der Waals surface area contributed by atoms with Crippen LogP contribution in [0.25, 0.3) is 137 Å². The number of aromatic nitrogens is 4. The van der Waals surface area contributed by atoms with Gasteiger partial charge in [-0.2, -0.15) is 0 Å². The lowest BCUT2D eigenvalue weighted by Crippen LogP contribution is -2.02. The van der Waals surface area contributed by atoms with E-state index in [0.717, 1.165) is 87.7 Å². The molecule has 5 heteroatoms. The maximum Gasteiger partial charge on any atom is 0.167 e. The Bertz CT molecular complexity index is 4170. The second kappa shape index (κ2) is 13.4. The predicted octanol–water partition coefficient (Wildman–Crippen LogP) is 15.6. The Morgan fingerprint density at radius 1 is 0.297 bits per heavy atom. The summed E-state index contributed by atoms with van der Waals surface area (Å²) in [5.41, 5.74) is 7.46. The van der Waals surface area contributed by atoms with Gasteiger partial charge in [0.15, 0.2) is 17.5 Å². The van der Waals surface area contributed by atoms with Crippen molar-refractivity contribution >= 4 is 97.6 Å². The molecule has 64 heavy (non-hydrogen) atoms. The third kappa shape index (κ3) is 5.15. The first-order valence-electron chi connectivity index (χ1n) is 21.7. The van der Waals surface area contributed by atoms with Crippen molar-refractivity contribution in [2.75, 3.05) is 0 Å². The average Bonchev–Trinajstić information content (AvgIpc) is 3.90. The van der Waals surface area contributed by atoms with Crippen LogP contribution in [0.2, 0.25) is 0 Å². The minimum Gasteiger partial charge on any atom is -0.455 e. The molecule has 0 amide bonds. The van der Waals surface area contributed by atoms with E-state index >= 15 is 0 Å². The van der Waals surface area contributed by atoms with E-state index in [9.17, 15) is 0 Å². The molecule has 0 saturated heterocycles. The number of hydrogen-bond acceptors (Lipinski definition) is 4. The highest BCUT2D eigenvalue weighted by atomic mass is 16.3. The summed E-state index contributed by atoms with van der Waals surface area (Å²) in [4.78, 5) is 16.2. The van der Waals surface area contributed by atoms with E-state index in [1.54, 1.807) is 0 Å². The van der Waals surface area contributed by atoms with E-state index in [0.29, 0.717) is 17.5 Å². The maximum atomic E-state index is 7.14. The van der Waals surface area contributed by atoms with Gasteiger partial charge in [0, 0.05) is 43.7 Å². The van der Waals surface area contributed by atoms with Crippen molar-refractivity contribution in [1.29, 1.82) is 0 Å². The number of hydrogen-bond donors (Lipinski definition) is 0. The van der Waals surface area contributed by atoms with Crippen LogP contribution in [0.3, 0.4) is 0 Å². The summed E-state index contributed by atoms with van der Waals surface area (Å²) in [6.07, 6.45) is 0. The van der Waals surface area contributed by atoms with E-state index < -0.39 is 0 Å². The van der Waals surface area contributed by atoms with Gasteiger partial charge in [0.2, 0.25) is 0 Å². The maximum absolute atomic E-state index is 7.14. The molecule has 0 fully saturated rings. The molecule has 0 atom stereocenters. The number of furan rings is 1. The SMILES string of the molecule is c1ccc2cc3c(cc2c1)c1c2ccccc2ccc1n3-c1cc(-c2nc(-c3cccc4ccccc34)nc(-c3cccc4ccccc34)n2)c2oc3c4ccccc4ccc3c2c1. The van der Waals surface area contributed by atoms with Crippen LogP contribution in [-0.4, -0.2) is 19.5 Å². The lowest BCUT2D eigenvalue weighted by Gasteiger charge is -2.14. The first kappa shape index (κ1) is 35.0. The van der Waals surface area contributed by atoms with Crippen molar-refractivity contribution in [3.05, 3.63) is 206 Å². The Hall–Kier alpha value is -8.67. The van der Waals surface area contributed by atoms with Gasteiger partial charge in [-0.3, -0.25) is 0 Å². The zero-order valence-electron chi connectivity index (χ0n) is 34.3. The highest BCUT2D eigenvalue weighted by Crippen LogP contribution is 2.44. The zero-order chi connectivity index (χ0) is 41.9. The lowest BCUT2D eigenvalue weighted by molar-refractivity contribution is 0.673. The van der Waals surface area contributed by atoms with E-state index in [4.69, 9.17) is 19.4 Å². The summed E-state index contributed by atoms with van der Waals surface area (Å²) in [6, 6.07) is 73.4. The van der Waals surface area contributed by atoms with Crippen LogP contribution < -0.4 is 0 Å². The van der Waals surface area contributed by atoms with Gasteiger partial charge >= 0.3 is 0 Å². The minimum absolute atomic E-state index is 0.535. The zero-order valence-corrected chi connectivity index (χ0v) is 34.3. The molecular formula is C59H34N4O. The van der Waals surface area contributed by atoms with Gasteiger partial charge in [0.05, 0.1) is 16.6 Å². The minimum atomic E-state index is 0.535. The second-order valence-electron chi connectivity index (χ2n) is 16.7. The molecule has 3 aromatic heterocycles. The topological polar surface area (TPSA) is 56.7 Å². The Kier molecular flexibility index (Phi) is 7.33. The van der Waals surface area contributed by atoms with Crippen LogP contribution in [0, 0.1) is 0 Å². The van der Waals surface area contributed by atoms with Gasteiger partial charge in [-0.25, -0.2) is 15.0 Å². The van der Waals surface area contributed by atoms with E-state index in [-0.39, 0.29) is 0 Å². The molecule has 0 aliphatic heterocycles. The Morgan fingerprint density at radius 2 is 0.797 bits per heavy atom. The van der Waals surface area contributed by atoms with E-state index in [1.807, 2.05) is 0 Å². The molecule has 5 nitrogen and oxygen atoms in total. The monoisotopic (exact) mass is 814 g/mol. The standard InChI is InChI=1S/C59H34N4O/c1-2-18-40-32-53-50(31-39(40)17-1)54-44-23-9-5-15-37(44)28-30-52(54)63(53)41-33-49-46-29-27-38-16-6-10-24-45(38)55(46)64-56(49)51(34-41)59-61-57(47-25-11-19-35-13-3-7-21-42(35)47)60-58(62-59)48-26-12-20-36-14-4-8-22-43(36)48/h1-34H. The molecule has 0 unspecified atom stereocenters. The van der Waals surface area contributed by atoms with Crippen LogP contribution >= 0.6 is 0 Å². The lowest BCUT2D eigenvalue weighted by atomic mass is 10.0. The number of nitrogens with zero attached hydrogens (tertiary/aromatic N) is 4. The van der Waals surface area contributed by atoms with Crippen molar-refractivity contribution in [2.45, 2.75) is 0 Å². The van der Waals surface area contributed by atoms with Crippen molar-refractivity contribution < 1.29 is 4.42 Å². The van der Waals surface area contributed by atoms with Gasteiger partial charge in [-0.1, -0.05) is 170 Å². The molecule has 296 valence electrons. The summed E-state index contributed by atoms with van der Waals surface area (Å²) in [5, 5.41) is 15.8. The molecule has 0 radical (unpaired) electrons. The molecule has 0 spiro atoms. The van der Waals surface area contributed by atoms with Crippen molar-refractivity contribution in [3.8, 4) is 39.9 Å². The summed E-state index contributed by atoms with van der Waals surface area (Å²) >= 11 is 0. The summed E-state index contributed by atoms with van der Waals surface area (Å²) in [6.45, 7) is 0. The summed E-state index contributed by atoms with van der Waals surface area (Å²) in [5.74, 6) is 1.73. The van der Waals surface area contributed by atoms with Gasteiger partial charge in [0.25, 0.3) is 0 Å². The number of fused-ring (bicyclic) bond motifs is 13. The fourth-order valence-electron chi connectivity index (χ4n) is 10.2. The molecule has 14 rings (SSSR count). The van der Waals surface area contributed by atoms with Crippen molar-refractivity contribution in [2.24, 2.45) is 0 Å². The third-order valence-electron chi connectivity index (χ3n) is 13.2. The van der Waals surface area contributed by atoms with Gasteiger partial charge < -0.3 is 8.98 Å². The Morgan fingerprint density at radius 3 is 1.45 bits per heavy atom. The summed E-state index contributed by atoms with van der Waals surface area (Å²) < 4.78 is 9.56. The Labute approximate surface area is 366 Å². The van der Waals surface area contributed by atoms with Crippen LogP contribution in [0.5, 0.6) is 0 Å². The smallest absolute Gasteiger partial charge is 0.167 e. The molecule has 0 saturated carbocycles. The first-order valence-corrected chi connectivity index (χ1v) is 21.7.